The van der Waals surface area contributed by atoms with Crippen molar-refractivity contribution in [3.8, 4) is 11.3 Å². The minimum absolute atomic E-state index is 0.730. The first-order valence-corrected chi connectivity index (χ1v) is 4.05. The lowest BCUT2D eigenvalue weighted by atomic mass is 10.0. The Kier molecular flexibility index (Phi) is 1.77. The molecule has 1 heterocycles. The normalized spacial score (nSPS) is 10.2. The summed E-state index contributed by atoms with van der Waals surface area (Å²) in [4.78, 5) is 0. The number of nitrogens with two attached hydrogens (primary N) is 1. The van der Waals surface area contributed by atoms with Crippen molar-refractivity contribution in [1.82, 2.24) is 5.16 Å². The Labute approximate surface area is 76.2 Å². The molecule has 0 saturated heterocycles. The van der Waals surface area contributed by atoms with Gasteiger partial charge in [-0.05, 0) is 18.6 Å². The van der Waals surface area contributed by atoms with E-state index in [4.69, 9.17) is 10.3 Å². The van der Waals surface area contributed by atoms with Crippen molar-refractivity contribution in [2.24, 2.45) is 0 Å². The van der Waals surface area contributed by atoms with Gasteiger partial charge in [0.05, 0.1) is 0 Å². The van der Waals surface area contributed by atoms with E-state index in [2.05, 4.69) is 5.16 Å². The quantitative estimate of drug-likeness (QED) is 0.674. The van der Waals surface area contributed by atoms with Crippen LogP contribution in [0.3, 0.4) is 0 Å². The van der Waals surface area contributed by atoms with Gasteiger partial charge in [0, 0.05) is 17.3 Å². The maximum absolute atomic E-state index is 5.83. The first kappa shape index (κ1) is 7.86. The van der Waals surface area contributed by atoms with E-state index in [1.54, 1.807) is 12.3 Å². The summed E-state index contributed by atoms with van der Waals surface area (Å²) in [7, 11) is 0. The molecule has 0 aliphatic rings. The van der Waals surface area contributed by atoms with E-state index >= 15 is 0 Å². The lowest BCUT2D eigenvalue weighted by Gasteiger charge is -2.04. The van der Waals surface area contributed by atoms with Crippen LogP contribution in [0.2, 0.25) is 0 Å². The molecule has 1 aromatic heterocycles. The van der Waals surface area contributed by atoms with E-state index in [1.165, 1.54) is 0 Å². The summed E-state index contributed by atoms with van der Waals surface area (Å²) in [6, 6.07) is 7.59. The van der Waals surface area contributed by atoms with Crippen molar-refractivity contribution in [3.05, 3.63) is 36.1 Å². The number of rotatable bonds is 1. The third kappa shape index (κ3) is 1.28. The summed E-state index contributed by atoms with van der Waals surface area (Å²) >= 11 is 0. The smallest absolute Gasteiger partial charge is 0.124 e. The highest BCUT2D eigenvalue weighted by atomic mass is 16.5. The van der Waals surface area contributed by atoms with Crippen molar-refractivity contribution >= 4 is 5.69 Å². The topological polar surface area (TPSA) is 52.0 Å². The van der Waals surface area contributed by atoms with Crippen LogP contribution in [-0.4, -0.2) is 5.16 Å². The van der Waals surface area contributed by atoms with Gasteiger partial charge in [-0.2, -0.15) is 0 Å². The van der Waals surface area contributed by atoms with Crippen LogP contribution >= 0.6 is 0 Å². The highest BCUT2D eigenvalue weighted by molar-refractivity contribution is 5.76. The van der Waals surface area contributed by atoms with Gasteiger partial charge in [0.25, 0.3) is 0 Å². The predicted molar refractivity (Wildman–Crippen MR) is 51.1 cm³/mol. The van der Waals surface area contributed by atoms with Crippen molar-refractivity contribution in [2.45, 2.75) is 6.92 Å². The molecule has 2 rings (SSSR count). The summed E-state index contributed by atoms with van der Waals surface area (Å²) < 4.78 is 4.77. The van der Waals surface area contributed by atoms with E-state index < -0.39 is 0 Å². The van der Waals surface area contributed by atoms with Gasteiger partial charge in [-0.25, -0.2) is 0 Å². The van der Waals surface area contributed by atoms with Gasteiger partial charge in [0.15, 0.2) is 0 Å². The molecule has 0 atom stereocenters. The van der Waals surface area contributed by atoms with Crippen molar-refractivity contribution in [3.63, 3.8) is 0 Å². The van der Waals surface area contributed by atoms with Gasteiger partial charge >= 0.3 is 0 Å². The summed E-state index contributed by atoms with van der Waals surface area (Å²) in [6.45, 7) is 2.00. The van der Waals surface area contributed by atoms with Crippen LogP contribution in [-0.2, 0) is 0 Å². The van der Waals surface area contributed by atoms with E-state index in [-0.39, 0.29) is 0 Å². The number of anilines is 1. The molecule has 0 spiro atoms. The van der Waals surface area contributed by atoms with Gasteiger partial charge in [0.1, 0.15) is 12.0 Å². The standard InChI is InChI=1S/C10H10N2O/c1-7-3-2-4-8(11)10(7)9-5-6-13-12-9/h2-6H,11H2,1H3. The number of hydrogen-bond acceptors (Lipinski definition) is 3. The lowest BCUT2D eigenvalue weighted by molar-refractivity contribution is 0.422. The molecule has 1 aromatic carbocycles. The zero-order valence-corrected chi connectivity index (χ0v) is 7.32. The molecule has 0 unspecified atom stereocenters. The molecule has 13 heavy (non-hydrogen) atoms. The average molecular weight is 174 g/mol. The van der Waals surface area contributed by atoms with Crippen molar-refractivity contribution in [1.29, 1.82) is 0 Å². The minimum atomic E-state index is 0.730. The molecular weight excluding hydrogens is 164 g/mol. The maximum atomic E-state index is 5.83. The van der Waals surface area contributed by atoms with E-state index in [0.717, 1.165) is 22.5 Å². The van der Waals surface area contributed by atoms with E-state index in [1.807, 2.05) is 25.1 Å². The second kappa shape index (κ2) is 2.94. The summed E-state index contributed by atoms with van der Waals surface area (Å²) in [5.41, 5.74) is 9.41. The molecule has 0 saturated carbocycles. The van der Waals surface area contributed by atoms with Crippen LogP contribution < -0.4 is 5.73 Å². The van der Waals surface area contributed by atoms with Gasteiger partial charge in [-0.1, -0.05) is 17.3 Å². The summed E-state index contributed by atoms with van der Waals surface area (Å²) in [6.07, 6.45) is 1.54. The molecular formula is C10H10N2O. The number of aryl methyl sites for hydroxylation is 1. The lowest BCUT2D eigenvalue weighted by Crippen LogP contribution is -1.92. The van der Waals surface area contributed by atoms with Gasteiger partial charge in [-0.15, -0.1) is 0 Å². The number of aromatic nitrogens is 1. The fourth-order valence-electron chi connectivity index (χ4n) is 1.38. The van der Waals surface area contributed by atoms with E-state index in [9.17, 15) is 0 Å². The largest absolute Gasteiger partial charge is 0.398 e. The average Bonchev–Trinajstić information content (AvgIpc) is 2.57. The van der Waals surface area contributed by atoms with Crippen LogP contribution in [0.1, 0.15) is 5.56 Å². The van der Waals surface area contributed by atoms with Crippen LogP contribution in [0, 0.1) is 6.92 Å². The Morgan fingerprint density at radius 2 is 2.15 bits per heavy atom. The molecule has 66 valence electrons. The minimum Gasteiger partial charge on any atom is -0.398 e. The fraction of sp³-hybridized carbons (Fsp3) is 0.100. The molecule has 0 bridgehead atoms. The third-order valence-electron chi connectivity index (χ3n) is 2.00. The van der Waals surface area contributed by atoms with Crippen molar-refractivity contribution in [2.75, 3.05) is 5.73 Å². The monoisotopic (exact) mass is 174 g/mol. The highest BCUT2D eigenvalue weighted by Gasteiger charge is 2.07. The zero-order valence-electron chi connectivity index (χ0n) is 7.32. The molecule has 0 radical (unpaired) electrons. The number of benzene rings is 1. The Bertz CT molecular complexity index is 387. The fourth-order valence-corrected chi connectivity index (χ4v) is 1.38. The van der Waals surface area contributed by atoms with Crippen LogP contribution in [0.15, 0.2) is 35.1 Å². The highest BCUT2D eigenvalue weighted by Crippen LogP contribution is 2.27. The number of nitrogen functional groups attached to an aromatic ring is 1. The number of hydrogen-bond donors (Lipinski definition) is 1. The third-order valence-corrected chi connectivity index (χ3v) is 2.00. The van der Waals surface area contributed by atoms with Crippen LogP contribution in [0.5, 0.6) is 0 Å². The predicted octanol–water partition coefficient (Wildman–Crippen LogP) is 2.23. The molecule has 0 aliphatic carbocycles. The summed E-state index contributed by atoms with van der Waals surface area (Å²) in [5.74, 6) is 0. The molecule has 3 heteroatoms. The summed E-state index contributed by atoms with van der Waals surface area (Å²) in [5, 5.41) is 3.85. The Morgan fingerprint density at radius 3 is 2.77 bits per heavy atom. The van der Waals surface area contributed by atoms with Crippen LogP contribution in [0.4, 0.5) is 5.69 Å². The Balaban J connectivity index is 2.64. The van der Waals surface area contributed by atoms with E-state index in [0.29, 0.717) is 0 Å². The molecule has 2 aromatic rings. The first-order chi connectivity index (χ1) is 6.29. The first-order valence-electron chi connectivity index (χ1n) is 4.05. The van der Waals surface area contributed by atoms with Crippen molar-refractivity contribution < 1.29 is 4.52 Å². The zero-order chi connectivity index (χ0) is 9.26. The molecule has 0 amide bonds. The SMILES string of the molecule is Cc1cccc(N)c1-c1ccon1. The van der Waals surface area contributed by atoms with Gasteiger partial charge in [0.2, 0.25) is 0 Å². The Hall–Kier alpha value is -1.77. The second-order valence-electron chi connectivity index (χ2n) is 2.92. The van der Waals surface area contributed by atoms with Gasteiger partial charge in [-0.3, -0.25) is 0 Å². The molecule has 2 N–H and O–H groups in total. The van der Waals surface area contributed by atoms with Gasteiger partial charge < -0.3 is 10.3 Å². The number of nitrogens with zero attached hydrogens (tertiary/aromatic N) is 1. The molecule has 0 fully saturated rings. The second-order valence-corrected chi connectivity index (χ2v) is 2.92. The molecule has 0 aliphatic heterocycles. The molecule has 3 nitrogen and oxygen atoms in total. The Morgan fingerprint density at radius 1 is 1.31 bits per heavy atom. The van der Waals surface area contributed by atoms with Crippen LogP contribution in [0.25, 0.3) is 11.3 Å². The maximum Gasteiger partial charge on any atom is 0.124 e.